The average molecular weight is 344 g/mol. The molecule has 0 atom stereocenters. The van der Waals surface area contributed by atoms with Crippen LogP contribution in [0, 0.1) is 18.3 Å². The maximum atomic E-state index is 9.22. The summed E-state index contributed by atoms with van der Waals surface area (Å²) in [6, 6.07) is 13.7. The van der Waals surface area contributed by atoms with Gasteiger partial charge in [-0.25, -0.2) is 0 Å². The number of nitriles is 1. The molecule has 2 rings (SSSR count). The molecule has 0 radical (unpaired) electrons. The topological polar surface area (TPSA) is 33.0 Å². The molecule has 21 heavy (non-hydrogen) atoms. The first-order valence-corrected chi connectivity index (χ1v) is 7.59. The lowest BCUT2D eigenvalue weighted by molar-refractivity contribution is 0.453. The molecule has 0 amide bonds. The van der Waals surface area contributed by atoms with Gasteiger partial charge in [0.15, 0.2) is 0 Å². The number of ether oxygens (including phenoxy) is 1. The Kier molecular flexibility index (Phi) is 4.39. The van der Waals surface area contributed by atoms with Crippen LogP contribution in [-0.4, -0.2) is 0 Å². The standard InChI is InChI=1S/C18H18BrNO/c1-12-5-8-16(15(9-12)18(2,3)4)21-17-10-14(19)7-6-13(17)11-20/h5-10H,1-4H3. The first kappa shape index (κ1) is 15.6. The fraction of sp³-hybridized carbons (Fsp3) is 0.278. The van der Waals surface area contributed by atoms with E-state index in [1.54, 1.807) is 6.07 Å². The Morgan fingerprint density at radius 2 is 1.76 bits per heavy atom. The van der Waals surface area contributed by atoms with Crippen molar-refractivity contribution in [2.24, 2.45) is 0 Å². The predicted molar refractivity (Wildman–Crippen MR) is 88.8 cm³/mol. The van der Waals surface area contributed by atoms with Crippen LogP contribution in [0.25, 0.3) is 0 Å². The van der Waals surface area contributed by atoms with Gasteiger partial charge in [0, 0.05) is 10.0 Å². The summed E-state index contributed by atoms with van der Waals surface area (Å²) in [6.45, 7) is 8.53. The first-order chi connectivity index (χ1) is 9.81. The molecular formula is C18H18BrNO. The number of aryl methyl sites for hydroxylation is 1. The highest BCUT2D eigenvalue weighted by molar-refractivity contribution is 9.10. The predicted octanol–water partition coefficient (Wildman–Crippen LogP) is 5.72. The Morgan fingerprint density at radius 1 is 1.05 bits per heavy atom. The molecule has 0 bridgehead atoms. The number of rotatable bonds is 2. The monoisotopic (exact) mass is 343 g/mol. The van der Waals surface area contributed by atoms with Gasteiger partial charge < -0.3 is 4.74 Å². The second-order valence-electron chi connectivity index (χ2n) is 6.10. The van der Waals surface area contributed by atoms with E-state index in [0.29, 0.717) is 11.3 Å². The smallest absolute Gasteiger partial charge is 0.146 e. The molecule has 0 saturated carbocycles. The molecule has 0 heterocycles. The van der Waals surface area contributed by atoms with Gasteiger partial charge in [0.1, 0.15) is 17.6 Å². The van der Waals surface area contributed by atoms with E-state index in [1.165, 1.54) is 5.56 Å². The van der Waals surface area contributed by atoms with Crippen molar-refractivity contribution in [3.63, 3.8) is 0 Å². The Hall–Kier alpha value is -1.79. The van der Waals surface area contributed by atoms with Gasteiger partial charge in [-0.15, -0.1) is 0 Å². The van der Waals surface area contributed by atoms with Crippen molar-refractivity contribution >= 4 is 15.9 Å². The van der Waals surface area contributed by atoms with E-state index in [2.05, 4.69) is 55.8 Å². The third kappa shape index (κ3) is 3.65. The van der Waals surface area contributed by atoms with Crippen molar-refractivity contribution < 1.29 is 4.74 Å². The van der Waals surface area contributed by atoms with Crippen LogP contribution < -0.4 is 4.74 Å². The number of benzene rings is 2. The average Bonchev–Trinajstić information content (AvgIpc) is 2.40. The van der Waals surface area contributed by atoms with Crippen molar-refractivity contribution in [1.29, 1.82) is 5.26 Å². The number of hydrogen-bond donors (Lipinski definition) is 0. The van der Waals surface area contributed by atoms with Gasteiger partial charge in [-0.1, -0.05) is 54.4 Å². The summed E-state index contributed by atoms with van der Waals surface area (Å²) < 4.78 is 6.93. The third-order valence-corrected chi connectivity index (χ3v) is 3.72. The maximum absolute atomic E-state index is 9.22. The largest absolute Gasteiger partial charge is 0.456 e. The summed E-state index contributed by atoms with van der Waals surface area (Å²) in [5, 5.41) is 9.22. The van der Waals surface area contributed by atoms with Crippen LogP contribution in [0.15, 0.2) is 40.9 Å². The van der Waals surface area contributed by atoms with E-state index in [4.69, 9.17) is 4.74 Å². The minimum atomic E-state index is -0.0276. The van der Waals surface area contributed by atoms with E-state index in [0.717, 1.165) is 15.8 Å². The summed E-state index contributed by atoms with van der Waals surface area (Å²) >= 11 is 3.42. The second-order valence-corrected chi connectivity index (χ2v) is 7.02. The van der Waals surface area contributed by atoms with Crippen molar-refractivity contribution in [3.05, 3.63) is 57.6 Å². The van der Waals surface area contributed by atoms with Gasteiger partial charge in [0.25, 0.3) is 0 Å². The molecule has 0 aliphatic rings. The summed E-state index contributed by atoms with van der Waals surface area (Å²) in [4.78, 5) is 0. The normalized spacial score (nSPS) is 11.0. The lowest BCUT2D eigenvalue weighted by Crippen LogP contribution is -2.13. The second kappa shape index (κ2) is 5.91. The van der Waals surface area contributed by atoms with Crippen molar-refractivity contribution in [2.45, 2.75) is 33.1 Å². The summed E-state index contributed by atoms with van der Waals surface area (Å²) in [6.07, 6.45) is 0. The van der Waals surface area contributed by atoms with Crippen LogP contribution in [0.1, 0.15) is 37.5 Å². The quantitative estimate of drug-likeness (QED) is 0.698. The number of halogens is 1. The molecule has 0 aliphatic heterocycles. The Morgan fingerprint density at radius 3 is 2.38 bits per heavy atom. The minimum Gasteiger partial charge on any atom is -0.456 e. The van der Waals surface area contributed by atoms with Crippen molar-refractivity contribution in [2.75, 3.05) is 0 Å². The summed E-state index contributed by atoms with van der Waals surface area (Å²) in [5.74, 6) is 1.36. The Labute approximate surface area is 134 Å². The fourth-order valence-corrected chi connectivity index (χ4v) is 2.45. The van der Waals surface area contributed by atoms with Crippen LogP contribution in [-0.2, 0) is 5.41 Å². The molecule has 0 fully saturated rings. The van der Waals surface area contributed by atoms with Gasteiger partial charge in [-0.3, -0.25) is 0 Å². The molecule has 0 unspecified atom stereocenters. The summed E-state index contributed by atoms with van der Waals surface area (Å²) in [5.41, 5.74) is 2.83. The molecule has 0 aliphatic carbocycles. The lowest BCUT2D eigenvalue weighted by Gasteiger charge is -2.23. The molecule has 0 N–H and O–H groups in total. The molecule has 0 spiro atoms. The fourth-order valence-electron chi connectivity index (χ4n) is 2.11. The summed E-state index contributed by atoms with van der Waals surface area (Å²) in [7, 11) is 0. The Balaban J connectivity index is 2.50. The lowest BCUT2D eigenvalue weighted by atomic mass is 9.85. The molecule has 2 aromatic carbocycles. The zero-order valence-electron chi connectivity index (χ0n) is 12.7. The van der Waals surface area contributed by atoms with Crippen molar-refractivity contribution in [3.8, 4) is 17.6 Å². The Bertz CT molecular complexity index is 708. The SMILES string of the molecule is Cc1ccc(Oc2cc(Br)ccc2C#N)c(C(C)(C)C)c1. The molecule has 0 aromatic heterocycles. The van der Waals surface area contributed by atoms with Crippen LogP contribution in [0.2, 0.25) is 0 Å². The van der Waals surface area contributed by atoms with Crippen molar-refractivity contribution in [1.82, 2.24) is 0 Å². The van der Waals surface area contributed by atoms with E-state index < -0.39 is 0 Å². The zero-order valence-corrected chi connectivity index (χ0v) is 14.3. The molecule has 3 heteroatoms. The van der Waals surface area contributed by atoms with Crippen LogP contribution in [0.3, 0.4) is 0 Å². The van der Waals surface area contributed by atoms with E-state index >= 15 is 0 Å². The van der Waals surface area contributed by atoms with E-state index in [-0.39, 0.29) is 5.41 Å². The van der Waals surface area contributed by atoms with Crippen LogP contribution in [0.4, 0.5) is 0 Å². The molecule has 2 aromatic rings. The van der Waals surface area contributed by atoms with Gasteiger partial charge in [-0.05, 0) is 36.6 Å². The van der Waals surface area contributed by atoms with E-state index in [9.17, 15) is 5.26 Å². The molecule has 108 valence electrons. The van der Waals surface area contributed by atoms with E-state index in [1.807, 2.05) is 24.3 Å². The van der Waals surface area contributed by atoms with Gasteiger partial charge in [0.05, 0.1) is 5.56 Å². The van der Waals surface area contributed by atoms with Gasteiger partial charge in [0.2, 0.25) is 0 Å². The number of hydrogen-bond acceptors (Lipinski definition) is 2. The highest BCUT2D eigenvalue weighted by atomic mass is 79.9. The number of nitrogens with zero attached hydrogens (tertiary/aromatic N) is 1. The van der Waals surface area contributed by atoms with Crippen LogP contribution >= 0.6 is 15.9 Å². The highest BCUT2D eigenvalue weighted by Crippen LogP contribution is 2.36. The van der Waals surface area contributed by atoms with Crippen LogP contribution in [0.5, 0.6) is 11.5 Å². The molecular weight excluding hydrogens is 326 g/mol. The minimum absolute atomic E-state index is 0.0276. The first-order valence-electron chi connectivity index (χ1n) is 6.80. The van der Waals surface area contributed by atoms with Gasteiger partial charge >= 0.3 is 0 Å². The molecule has 2 nitrogen and oxygen atoms in total. The molecule has 0 saturated heterocycles. The highest BCUT2D eigenvalue weighted by Gasteiger charge is 2.20. The maximum Gasteiger partial charge on any atom is 0.146 e. The van der Waals surface area contributed by atoms with Gasteiger partial charge in [-0.2, -0.15) is 5.26 Å². The third-order valence-electron chi connectivity index (χ3n) is 3.23. The zero-order chi connectivity index (χ0) is 15.6.